The van der Waals surface area contributed by atoms with Gasteiger partial charge in [0.25, 0.3) is 5.78 Å². The maximum absolute atomic E-state index is 12.3. The predicted molar refractivity (Wildman–Crippen MR) is 59.2 cm³/mol. The van der Waals surface area contributed by atoms with Crippen molar-refractivity contribution in [3.63, 3.8) is 0 Å². The number of hydrogen-bond donors (Lipinski definition) is 0. The second-order valence-corrected chi connectivity index (χ2v) is 3.66. The molecule has 0 heterocycles. The van der Waals surface area contributed by atoms with Gasteiger partial charge in [0, 0.05) is 14.1 Å². The molecule has 0 atom stereocenters. The van der Waals surface area contributed by atoms with E-state index in [1.165, 1.54) is 20.2 Å². The third-order valence-electron chi connectivity index (χ3n) is 2.07. The molecule has 0 aliphatic carbocycles. The van der Waals surface area contributed by atoms with E-state index in [0.717, 1.165) is 4.90 Å². The molecule has 0 N–H and O–H groups in total. The van der Waals surface area contributed by atoms with Gasteiger partial charge in [-0.2, -0.15) is 13.2 Å². The highest BCUT2D eigenvalue weighted by Crippen LogP contribution is 2.23. The standard InChI is InChI=1S/C12H12F3NO/c1-16(2)10(11(17)12(13,14)15)8-9-6-4-3-5-7-9/h3-8H,1-2H3/b10-8+. The first kappa shape index (κ1) is 13.3. The van der Waals surface area contributed by atoms with Gasteiger partial charge in [0.15, 0.2) is 0 Å². The summed E-state index contributed by atoms with van der Waals surface area (Å²) in [4.78, 5) is 12.3. The van der Waals surface area contributed by atoms with Crippen molar-refractivity contribution in [3.8, 4) is 0 Å². The van der Waals surface area contributed by atoms with Crippen LogP contribution in [0.5, 0.6) is 0 Å². The molecule has 0 fully saturated rings. The Kier molecular flexibility index (Phi) is 3.93. The van der Waals surface area contributed by atoms with Gasteiger partial charge in [0.05, 0.1) is 5.70 Å². The minimum Gasteiger partial charge on any atom is -0.374 e. The highest BCUT2D eigenvalue weighted by Gasteiger charge is 2.41. The lowest BCUT2D eigenvalue weighted by Gasteiger charge is -2.17. The Morgan fingerprint density at radius 1 is 1.18 bits per heavy atom. The van der Waals surface area contributed by atoms with Gasteiger partial charge in [-0.3, -0.25) is 4.79 Å². The highest BCUT2D eigenvalue weighted by molar-refractivity contribution is 6.02. The van der Waals surface area contributed by atoms with Crippen LogP contribution in [-0.4, -0.2) is 31.0 Å². The molecule has 0 aliphatic heterocycles. The summed E-state index contributed by atoms with van der Waals surface area (Å²) in [6, 6.07) is 8.40. The summed E-state index contributed by atoms with van der Waals surface area (Å²) in [5.41, 5.74) is 0.164. The van der Waals surface area contributed by atoms with E-state index < -0.39 is 12.0 Å². The van der Waals surface area contributed by atoms with Crippen LogP contribution >= 0.6 is 0 Å². The number of allylic oxidation sites excluding steroid dienone is 1. The van der Waals surface area contributed by atoms with Crippen LogP contribution in [0, 0.1) is 0 Å². The van der Waals surface area contributed by atoms with Crippen molar-refractivity contribution < 1.29 is 18.0 Å². The van der Waals surface area contributed by atoms with E-state index in [9.17, 15) is 18.0 Å². The monoisotopic (exact) mass is 243 g/mol. The molecule has 0 unspecified atom stereocenters. The second kappa shape index (κ2) is 5.03. The maximum atomic E-state index is 12.3. The number of ketones is 1. The SMILES string of the molecule is CN(C)/C(=C/c1ccccc1)C(=O)C(F)(F)F. The molecule has 2 nitrogen and oxygen atoms in total. The molecule has 5 heteroatoms. The minimum absolute atomic E-state index is 0.385. The van der Waals surface area contributed by atoms with Gasteiger partial charge in [0.1, 0.15) is 0 Å². The zero-order valence-corrected chi connectivity index (χ0v) is 9.45. The fourth-order valence-electron chi connectivity index (χ4n) is 1.25. The lowest BCUT2D eigenvalue weighted by atomic mass is 10.1. The normalized spacial score (nSPS) is 12.4. The zero-order valence-electron chi connectivity index (χ0n) is 9.45. The minimum atomic E-state index is -4.86. The Labute approximate surface area is 97.3 Å². The lowest BCUT2D eigenvalue weighted by molar-refractivity contribution is -0.167. The number of carbonyl (C=O) groups excluding carboxylic acids is 1. The number of carbonyl (C=O) groups is 1. The van der Waals surface area contributed by atoms with E-state index in [0.29, 0.717) is 5.56 Å². The number of halogens is 3. The molecule has 1 aromatic carbocycles. The van der Waals surface area contributed by atoms with Crippen molar-refractivity contribution in [1.29, 1.82) is 0 Å². The van der Waals surface area contributed by atoms with E-state index in [1.807, 2.05) is 0 Å². The molecule has 0 aliphatic rings. The summed E-state index contributed by atoms with van der Waals surface area (Å²) >= 11 is 0. The average molecular weight is 243 g/mol. The zero-order chi connectivity index (χ0) is 13.1. The summed E-state index contributed by atoms with van der Waals surface area (Å²) in [5, 5.41) is 0. The van der Waals surface area contributed by atoms with Crippen LogP contribution in [0.4, 0.5) is 13.2 Å². The summed E-state index contributed by atoms with van der Waals surface area (Å²) in [7, 11) is 2.80. The fraction of sp³-hybridized carbons (Fsp3) is 0.250. The Bertz CT molecular complexity index is 421. The number of Topliss-reactive ketones (excluding diaryl/α,β-unsaturated/α-hetero) is 1. The molecule has 0 bridgehead atoms. The quantitative estimate of drug-likeness (QED) is 0.761. The Morgan fingerprint density at radius 2 is 1.71 bits per heavy atom. The molecular formula is C12H12F3NO. The van der Waals surface area contributed by atoms with E-state index in [-0.39, 0.29) is 5.70 Å². The van der Waals surface area contributed by atoms with E-state index in [1.54, 1.807) is 30.3 Å². The topological polar surface area (TPSA) is 20.3 Å². The van der Waals surface area contributed by atoms with E-state index in [4.69, 9.17) is 0 Å². The van der Waals surface area contributed by atoms with Gasteiger partial charge >= 0.3 is 6.18 Å². The number of nitrogens with zero attached hydrogens (tertiary/aromatic N) is 1. The van der Waals surface area contributed by atoms with E-state index >= 15 is 0 Å². The van der Waals surface area contributed by atoms with Gasteiger partial charge in [-0.15, -0.1) is 0 Å². The first-order valence-electron chi connectivity index (χ1n) is 4.88. The molecule has 1 rings (SSSR count). The van der Waals surface area contributed by atoms with Crippen LogP contribution < -0.4 is 0 Å². The van der Waals surface area contributed by atoms with Crippen molar-refractivity contribution in [2.75, 3.05) is 14.1 Å². The largest absolute Gasteiger partial charge is 0.456 e. The van der Waals surface area contributed by atoms with Gasteiger partial charge in [-0.05, 0) is 11.6 Å². The summed E-state index contributed by atoms with van der Waals surface area (Å²) in [6.45, 7) is 0. The second-order valence-electron chi connectivity index (χ2n) is 3.66. The average Bonchev–Trinajstić information content (AvgIpc) is 2.24. The fourth-order valence-corrected chi connectivity index (χ4v) is 1.25. The summed E-state index contributed by atoms with van der Waals surface area (Å²) in [6.07, 6.45) is -3.64. The molecule has 0 saturated carbocycles. The first-order chi connectivity index (χ1) is 7.82. The molecule has 0 aromatic heterocycles. The Hall–Kier alpha value is -1.78. The smallest absolute Gasteiger partial charge is 0.374 e. The molecule has 1 aromatic rings. The molecular weight excluding hydrogens is 231 g/mol. The van der Waals surface area contributed by atoms with Gasteiger partial charge in [0.2, 0.25) is 0 Å². The molecule has 0 radical (unpaired) electrons. The highest BCUT2D eigenvalue weighted by atomic mass is 19.4. The van der Waals surface area contributed by atoms with Crippen molar-refractivity contribution in [2.45, 2.75) is 6.18 Å². The van der Waals surface area contributed by atoms with Crippen LogP contribution in [-0.2, 0) is 4.79 Å². The summed E-state index contributed by atoms with van der Waals surface area (Å²) in [5.74, 6) is -1.84. The first-order valence-corrected chi connectivity index (χ1v) is 4.88. The number of likely N-dealkylation sites (N-methyl/N-ethyl adjacent to an activating group) is 1. The van der Waals surface area contributed by atoms with Crippen LogP contribution in [0.25, 0.3) is 6.08 Å². The van der Waals surface area contributed by atoms with Crippen molar-refractivity contribution >= 4 is 11.9 Å². The third kappa shape index (κ3) is 3.62. The van der Waals surface area contributed by atoms with Gasteiger partial charge < -0.3 is 4.90 Å². The number of rotatable bonds is 3. The Balaban J connectivity index is 3.11. The van der Waals surface area contributed by atoms with Crippen LogP contribution in [0.1, 0.15) is 5.56 Å². The molecule has 0 amide bonds. The van der Waals surface area contributed by atoms with Crippen molar-refractivity contribution in [2.24, 2.45) is 0 Å². The molecule has 0 saturated heterocycles. The van der Waals surface area contributed by atoms with Gasteiger partial charge in [-0.1, -0.05) is 30.3 Å². The van der Waals surface area contributed by atoms with Gasteiger partial charge in [-0.25, -0.2) is 0 Å². The van der Waals surface area contributed by atoms with Crippen molar-refractivity contribution in [1.82, 2.24) is 4.90 Å². The van der Waals surface area contributed by atoms with Crippen LogP contribution in [0.15, 0.2) is 36.0 Å². The van der Waals surface area contributed by atoms with Crippen LogP contribution in [0.2, 0.25) is 0 Å². The molecule has 17 heavy (non-hydrogen) atoms. The van der Waals surface area contributed by atoms with E-state index in [2.05, 4.69) is 0 Å². The number of hydrogen-bond acceptors (Lipinski definition) is 2. The number of benzene rings is 1. The third-order valence-corrected chi connectivity index (χ3v) is 2.07. The molecule has 0 spiro atoms. The predicted octanol–water partition coefficient (Wildman–Crippen LogP) is 2.72. The maximum Gasteiger partial charge on any atom is 0.456 e. The van der Waals surface area contributed by atoms with Crippen LogP contribution in [0.3, 0.4) is 0 Å². The molecule has 92 valence electrons. The van der Waals surface area contributed by atoms with Crippen molar-refractivity contribution in [3.05, 3.63) is 41.6 Å². The Morgan fingerprint density at radius 3 is 2.12 bits per heavy atom. The lowest BCUT2D eigenvalue weighted by Crippen LogP contribution is -2.31. The summed E-state index contributed by atoms with van der Waals surface area (Å²) < 4.78 is 37.0. The number of alkyl halides is 3.